The number of thiazole rings is 1. The van der Waals surface area contributed by atoms with Crippen molar-refractivity contribution in [2.24, 2.45) is 0 Å². The van der Waals surface area contributed by atoms with Crippen LogP contribution in [-0.2, 0) is 10.0 Å². The van der Waals surface area contributed by atoms with Gasteiger partial charge in [0, 0.05) is 30.1 Å². The van der Waals surface area contributed by atoms with E-state index in [4.69, 9.17) is 4.42 Å². The van der Waals surface area contributed by atoms with Crippen LogP contribution in [0.4, 0.5) is 5.82 Å². The topological polar surface area (TPSA) is 110 Å². The third kappa shape index (κ3) is 4.22. The maximum absolute atomic E-state index is 12.9. The monoisotopic (exact) mass is 483 g/mol. The van der Waals surface area contributed by atoms with Gasteiger partial charge in [-0.15, -0.1) is 11.3 Å². The molecule has 33 heavy (non-hydrogen) atoms. The van der Waals surface area contributed by atoms with Crippen LogP contribution in [-0.4, -0.2) is 46.5 Å². The lowest BCUT2D eigenvalue weighted by Crippen LogP contribution is -2.27. The number of carbonyl (C=O) groups is 1. The third-order valence-electron chi connectivity index (χ3n) is 5.34. The molecule has 0 bridgehead atoms. The van der Waals surface area contributed by atoms with Gasteiger partial charge in [0.25, 0.3) is 5.91 Å². The van der Waals surface area contributed by atoms with Gasteiger partial charge in [0.1, 0.15) is 11.5 Å². The Labute approximate surface area is 194 Å². The Hall–Kier alpha value is -3.28. The molecule has 3 aromatic heterocycles. The molecule has 1 N–H and O–H groups in total. The van der Waals surface area contributed by atoms with Gasteiger partial charge in [-0.1, -0.05) is 0 Å². The average Bonchev–Trinajstić information content (AvgIpc) is 3.61. The number of amides is 1. The van der Waals surface area contributed by atoms with Crippen molar-refractivity contribution < 1.29 is 17.6 Å². The second-order valence-corrected chi connectivity index (χ2v) is 10.4. The van der Waals surface area contributed by atoms with E-state index in [1.165, 1.54) is 39.9 Å². The van der Waals surface area contributed by atoms with Crippen LogP contribution < -0.4 is 5.32 Å². The molecular formula is C22H21N5O4S2. The van der Waals surface area contributed by atoms with Crippen molar-refractivity contribution in [1.29, 1.82) is 0 Å². The lowest BCUT2D eigenvalue weighted by Gasteiger charge is -2.15. The van der Waals surface area contributed by atoms with Crippen LogP contribution in [0.15, 0.2) is 63.4 Å². The first-order valence-electron chi connectivity index (χ1n) is 10.4. The Kier molecular flexibility index (Phi) is 5.60. The number of nitrogens with zero attached hydrogens (tertiary/aromatic N) is 4. The molecule has 0 spiro atoms. The number of furan rings is 1. The zero-order valence-corrected chi connectivity index (χ0v) is 19.4. The number of hydrogen-bond acceptors (Lipinski definition) is 7. The molecule has 0 radical (unpaired) electrons. The second kappa shape index (κ2) is 8.58. The van der Waals surface area contributed by atoms with Crippen LogP contribution in [0.1, 0.15) is 28.9 Å². The highest BCUT2D eigenvalue weighted by molar-refractivity contribution is 7.89. The molecule has 0 aliphatic carbocycles. The number of aromatic nitrogens is 3. The smallest absolute Gasteiger partial charge is 0.256 e. The van der Waals surface area contributed by atoms with Gasteiger partial charge in [-0.3, -0.25) is 4.79 Å². The molecule has 1 aliphatic heterocycles. The molecule has 0 unspecified atom stereocenters. The summed E-state index contributed by atoms with van der Waals surface area (Å²) in [6.07, 6.45) is 3.32. The Bertz CT molecular complexity index is 1380. The van der Waals surface area contributed by atoms with Crippen molar-refractivity contribution in [3.8, 4) is 16.6 Å². The molecule has 1 aliphatic rings. The number of hydrogen-bond donors (Lipinski definition) is 1. The van der Waals surface area contributed by atoms with Gasteiger partial charge in [-0.2, -0.15) is 14.1 Å². The van der Waals surface area contributed by atoms with Crippen molar-refractivity contribution in [1.82, 2.24) is 19.1 Å². The van der Waals surface area contributed by atoms with E-state index in [-0.39, 0.29) is 10.8 Å². The van der Waals surface area contributed by atoms with Gasteiger partial charge in [-0.05, 0) is 56.2 Å². The molecule has 1 saturated heterocycles. The molecular weight excluding hydrogens is 462 g/mol. The average molecular weight is 484 g/mol. The maximum atomic E-state index is 12.9. The standard InChI is InChI=1S/C22H21N5O4S2/c1-15-13-20(27(25-15)22-23-18(14-32-22)19-5-4-12-31-19)24-21(28)16-6-8-17(9-7-16)33(29,30)26-10-2-3-11-26/h4-9,12-14H,2-3,10-11H2,1H3,(H,24,28). The van der Waals surface area contributed by atoms with Gasteiger partial charge in [-0.25, -0.2) is 13.4 Å². The van der Waals surface area contributed by atoms with Gasteiger partial charge in [0.15, 0.2) is 5.76 Å². The second-order valence-electron chi connectivity index (χ2n) is 7.67. The van der Waals surface area contributed by atoms with Crippen molar-refractivity contribution in [2.45, 2.75) is 24.7 Å². The van der Waals surface area contributed by atoms with Gasteiger partial charge in [0.05, 0.1) is 16.9 Å². The number of carbonyl (C=O) groups excluding carboxylic acids is 1. The van der Waals surface area contributed by atoms with Crippen molar-refractivity contribution in [3.05, 3.63) is 65.4 Å². The van der Waals surface area contributed by atoms with Gasteiger partial charge >= 0.3 is 0 Å². The number of aryl methyl sites for hydroxylation is 1. The summed E-state index contributed by atoms with van der Waals surface area (Å²) in [5, 5.41) is 9.73. The van der Waals surface area contributed by atoms with E-state index in [1.54, 1.807) is 23.1 Å². The summed E-state index contributed by atoms with van der Waals surface area (Å²) in [6, 6.07) is 11.3. The van der Waals surface area contributed by atoms with E-state index >= 15 is 0 Å². The van der Waals surface area contributed by atoms with Crippen LogP contribution in [0.3, 0.4) is 0 Å². The number of benzene rings is 1. The number of rotatable bonds is 6. The number of nitrogens with one attached hydrogen (secondary N) is 1. The predicted molar refractivity (Wildman–Crippen MR) is 124 cm³/mol. The Balaban J connectivity index is 1.35. The molecule has 1 aromatic carbocycles. The van der Waals surface area contributed by atoms with E-state index in [1.807, 2.05) is 18.4 Å². The van der Waals surface area contributed by atoms with Crippen molar-refractivity contribution in [3.63, 3.8) is 0 Å². The third-order valence-corrected chi connectivity index (χ3v) is 8.07. The van der Waals surface area contributed by atoms with Crippen LogP contribution in [0.25, 0.3) is 16.6 Å². The largest absolute Gasteiger partial charge is 0.463 e. The molecule has 11 heteroatoms. The summed E-state index contributed by atoms with van der Waals surface area (Å²) in [7, 11) is -3.52. The number of sulfonamides is 1. The lowest BCUT2D eigenvalue weighted by atomic mass is 10.2. The summed E-state index contributed by atoms with van der Waals surface area (Å²) >= 11 is 1.37. The molecule has 9 nitrogen and oxygen atoms in total. The van der Waals surface area contributed by atoms with Crippen LogP contribution in [0.2, 0.25) is 0 Å². The summed E-state index contributed by atoms with van der Waals surface area (Å²) in [5.41, 5.74) is 1.74. The highest BCUT2D eigenvalue weighted by Gasteiger charge is 2.27. The first-order chi connectivity index (χ1) is 15.9. The molecule has 1 amide bonds. The minimum atomic E-state index is -3.52. The zero-order valence-electron chi connectivity index (χ0n) is 17.8. The lowest BCUT2D eigenvalue weighted by molar-refractivity contribution is 0.102. The van der Waals surface area contributed by atoms with Crippen LogP contribution >= 0.6 is 11.3 Å². The summed E-state index contributed by atoms with van der Waals surface area (Å²) < 4.78 is 33.8. The highest BCUT2D eigenvalue weighted by atomic mass is 32.2. The predicted octanol–water partition coefficient (Wildman–Crippen LogP) is 3.93. The van der Waals surface area contributed by atoms with Crippen LogP contribution in [0, 0.1) is 6.92 Å². The normalized spacial score (nSPS) is 14.6. The Morgan fingerprint density at radius 1 is 1.15 bits per heavy atom. The molecule has 170 valence electrons. The fourth-order valence-corrected chi connectivity index (χ4v) is 5.97. The molecule has 1 fully saturated rings. The Morgan fingerprint density at radius 3 is 2.61 bits per heavy atom. The maximum Gasteiger partial charge on any atom is 0.256 e. The fraction of sp³-hybridized carbons (Fsp3) is 0.227. The van der Waals surface area contributed by atoms with Crippen LogP contribution in [0.5, 0.6) is 0 Å². The summed E-state index contributed by atoms with van der Waals surface area (Å²) in [6.45, 7) is 2.89. The fourth-order valence-electron chi connectivity index (χ4n) is 3.68. The Morgan fingerprint density at radius 2 is 1.91 bits per heavy atom. The van der Waals surface area contributed by atoms with Crippen molar-refractivity contribution in [2.75, 3.05) is 18.4 Å². The highest BCUT2D eigenvalue weighted by Crippen LogP contribution is 2.27. The van der Waals surface area contributed by atoms with Gasteiger partial charge in [0.2, 0.25) is 15.2 Å². The molecule has 5 rings (SSSR count). The quantitative estimate of drug-likeness (QED) is 0.445. The van der Waals surface area contributed by atoms with Gasteiger partial charge < -0.3 is 9.73 Å². The van der Waals surface area contributed by atoms with Crippen molar-refractivity contribution >= 4 is 33.1 Å². The van der Waals surface area contributed by atoms with E-state index in [2.05, 4.69) is 15.4 Å². The first-order valence-corrected chi connectivity index (χ1v) is 12.7. The summed E-state index contributed by atoms with van der Waals surface area (Å²) in [4.78, 5) is 17.6. The van der Waals surface area contributed by atoms with E-state index in [0.717, 1.165) is 12.8 Å². The molecule has 0 atom stereocenters. The SMILES string of the molecule is Cc1cc(NC(=O)c2ccc(S(=O)(=O)N3CCCC3)cc2)n(-c2nc(-c3ccco3)cs2)n1. The zero-order chi connectivity index (χ0) is 23.0. The van der Waals surface area contributed by atoms with E-state index in [0.29, 0.717) is 46.8 Å². The summed E-state index contributed by atoms with van der Waals surface area (Å²) in [5.74, 6) is 0.742. The first kappa shape index (κ1) is 21.6. The molecule has 4 heterocycles. The van der Waals surface area contributed by atoms with E-state index < -0.39 is 10.0 Å². The number of anilines is 1. The van der Waals surface area contributed by atoms with E-state index in [9.17, 15) is 13.2 Å². The molecule has 0 saturated carbocycles. The minimum Gasteiger partial charge on any atom is -0.463 e. The molecule has 4 aromatic rings. The minimum absolute atomic E-state index is 0.190.